The molecule has 4 heteroatoms. The molecule has 2 aromatic heterocycles. The van der Waals surface area contributed by atoms with Gasteiger partial charge in [-0.25, -0.2) is 9.97 Å². The topological polar surface area (TPSA) is 56.7 Å². The second kappa shape index (κ2) is 4.70. The van der Waals surface area contributed by atoms with Gasteiger partial charge in [-0.3, -0.25) is 0 Å². The highest BCUT2D eigenvalue weighted by Gasteiger charge is 2.33. The molecule has 2 heterocycles. The maximum Gasteiger partial charge on any atom is 0.115 e. The largest absolute Gasteiger partial charge is 0.343 e. The molecule has 0 saturated heterocycles. The first-order valence-electron chi connectivity index (χ1n) is 7.16. The third-order valence-electron chi connectivity index (χ3n) is 4.23. The Kier molecular flexibility index (Phi) is 3.13. The predicted molar refractivity (Wildman–Crippen MR) is 79.3 cm³/mol. The zero-order valence-corrected chi connectivity index (χ0v) is 12.4. The molecule has 3 rings (SSSR count). The van der Waals surface area contributed by atoms with Crippen molar-refractivity contribution in [1.29, 1.82) is 0 Å². The molecule has 2 N–H and O–H groups in total. The van der Waals surface area contributed by atoms with E-state index in [2.05, 4.69) is 41.4 Å². The molecule has 0 fully saturated rings. The van der Waals surface area contributed by atoms with Gasteiger partial charge in [0.1, 0.15) is 6.33 Å². The van der Waals surface area contributed by atoms with E-state index in [1.54, 1.807) is 12.5 Å². The SMILES string of the molecule is Cc1cc2c(n1Cc1ccncn1)CC(C)(C)CC2N. The molecule has 4 nitrogen and oxygen atoms in total. The molecule has 0 bridgehead atoms. The Morgan fingerprint density at radius 3 is 2.95 bits per heavy atom. The minimum Gasteiger partial charge on any atom is -0.343 e. The number of hydrogen-bond acceptors (Lipinski definition) is 3. The van der Waals surface area contributed by atoms with E-state index < -0.39 is 0 Å². The summed E-state index contributed by atoms with van der Waals surface area (Å²) in [6, 6.07) is 4.37. The summed E-state index contributed by atoms with van der Waals surface area (Å²) in [5.41, 5.74) is 11.6. The summed E-state index contributed by atoms with van der Waals surface area (Å²) in [6.07, 6.45) is 5.53. The molecule has 1 unspecified atom stereocenters. The van der Waals surface area contributed by atoms with Gasteiger partial charge in [0.25, 0.3) is 0 Å². The van der Waals surface area contributed by atoms with Crippen LogP contribution in [0.25, 0.3) is 0 Å². The van der Waals surface area contributed by atoms with Crippen LogP contribution in [0.5, 0.6) is 0 Å². The molecule has 0 saturated carbocycles. The number of aryl methyl sites for hydroxylation is 1. The number of nitrogens with zero attached hydrogens (tertiary/aromatic N) is 3. The standard InChI is InChI=1S/C16H22N4/c1-11-6-13-14(17)7-16(2,3)8-15(13)20(11)9-12-4-5-18-10-19-12/h4-6,10,14H,7-9,17H2,1-3H3. The van der Waals surface area contributed by atoms with Crippen LogP contribution >= 0.6 is 0 Å². The Morgan fingerprint density at radius 1 is 1.45 bits per heavy atom. The minimum absolute atomic E-state index is 0.152. The molecule has 0 amide bonds. The van der Waals surface area contributed by atoms with Crippen LogP contribution in [0.15, 0.2) is 24.7 Å². The second-order valence-electron chi connectivity index (χ2n) is 6.63. The lowest BCUT2D eigenvalue weighted by molar-refractivity contribution is 0.275. The van der Waals surface area contributed by atoms with E-state index in [0.717, 1.165) is 25.1 Å². The molecule has 1 aliphatic rings. The van der Waals surface area contributed by atoms with E-state index >= 15 is 0 Å². The van der Waals surface area contributed by atoms with Crippen LogP contribution in [0.1, 0.15) is 49.0 Å². The number of nitrogens with two attached hydrogens (primary N) is 1. The van der Waals surface area contributed by atoms with Crippen molar-refractivity contribution < 1.29 is 0 Å². The zero-order valence-electron chi connectivity index (χ0n) is 12.4. The van der Waals surface area contributed by atoms with Crippen LogP contribution in [-0.2, 0) is 13.0 Å². The van der Waals surface area contributed by atoms with Gasteiger partial charge < -0.3 is 10.3 Å². The molecular formula is C16H22N4. The van der Waals surface area contributed by atoms with E-state index in [4.69, 9.17) is 5.73 Å². The van der Waals surface area contributed by atoms with Crippen molar-refractivity contribution in [2.24, 2.45) is 11.1 Å². The van der Waals surface area contributed by atoms with Crippen LogP contribution < -0.4 is 5.73 Å². The summed E-state index contributed by atoms with van der Waals surface area (Å²) in [4.78, 5) is 8.32. The van der Waals surface area contributed by atoms with Crippen LogP contribution in [0.2, 0.25) is 0 Å². The van der Waals surface area contributed by atoms with Crippen molar-refractivity contribution in [3.8, 4) is 0 Å². The van der Waals surface area contributed by atoms with Crippen molar-refractivity contribution in [2.45, 2.75) is 46.2 Å². The van der Waals surface area contributed by atoms with Gasteiger partial charge in [-0.1, -0.05) is 13.8 Å². The number of rotatable bonds is 2. The Bertz CT molecular complexity index is 613. The molecule has 0 aliphatic heterocycles. The van der Waals surface area contributed by atoms with Gasteiger partial charge in [-0.15, -0.1) is 0 Å². The smallest absolute Gasteiger partial charge is 0.115 e. The van der Waals surface area contributed by atoms with E-state index in [1.807, 2.05) is 6.07 Å². The number of fused-ring (bicyclic) bond motifs is 1. The van der Waals surface area contributed by atoms with Crippen molar-refractivity contribution in [3.05, 3.63) is 47.3 Å². The minimum atomic E-state index is 0.152. The van der Waals surface area contributed by atoms with Crippen LogP contribution in [0.4, 0.5) is 0 Å². The number of hydrogen-bond donors (Lipinski definition) is 1. The van der Waals surface area contributed by atoms with Gasteiger partial charge in [0.2, 0.25) is 0 Å². The third-order valence-corrected chi connectivity index (χ3v) is 4.23. The Morgan fingerprint density at radius 2 is 2.25 bits per heavy atom. The lowest BCUT2D eigenvalue weighted by atomic mass is 9.74. The fraction of sp³-hybridized carbons (Fsp3) is 0.500. The molecule has 0 aromatic carbocycles. The fourth-order valence-electron chi connectivity index (χ4n) is 3.30. The van der Waals surface area contributed by atoms with Crippen molar-refractivity contribution in [1.82, 2.24) is 14.5 Å². The molecule has 20 heavy (non-hydrogen) atoms. The Labute approximate surface area is 120 Å². The van der Waals surface area contributed by atoms with Gasteiger partial charge in [-0.2, -0.15) is 0 Å². The van der Waals surface area contributed by atoms with E-state index in [-0.39, 0.29) is 11.5 Å². The Hall–Kier alpha value is -1.68. The molecule has 0 spiro atoms. The van der Waals surface area contributed by atoms with Gasteiger partial charge >= 0.3 is 0 Å². The summed E-state index contributed by atoms with van der Waals surface area (Å²) >= 11 is 0. The van der Waals surface area contributed by atoms with Crippen LogP contribution in [-0.4, -0.2) is 14.5 Å². The summed E-state index contributed by atoms with van der Waals surface area (Å²) in [6.45, 7) is 7.55. The molecule has 106 valence electrons. The van der Waals surface area contributed by atoms with E-state index in [9.17, 15) is 0 Å². The van der Waals surface area contributed by atoms with Crippen LogP contribution in [0, 0.1) is 12.3 Å². The third kappa shape index (κ3) is 2.36. The molecule has 1 atom stereocenters. The predicted octanol–water partition coefficient (Wildman–Crippen LogP) is 2.61. The maximum atomic E-state index is 6.36. The molecule has 0 radical (unpaired) electrons. The summed E-state index contributed by atoms with van der Waals surface area (Å²) in [7, 11) is 0. The van der Waals surface area contributed by atoms with Crippen molar-refractivity contribution >= 4 is 0 Å². The Balaban J connectivity index is 2.01. The summed E-state index contributed by atoms with van der Waals surface area (Å²) < 4.78 is 2.36. The highest BCUT2D eigenvalue weighted by molar-refractivity contribution is 5.34. The van der Waals surface area contributed by atoms with Gasteiger partial charge in [0, 0.05) is 23.6 Å². The van der Waals surface area contributed by atoms with Gasteiger partial charge in [-0.05, 0) is 42.9 Å². The first-order valence-corrected chi connectivity index (χ1v) is 7.16. The lowest BCUT2D eigenvalue weighted by Gasteiger charge is -2.34. The average Bonchev–Trinajstić information content (AvgIpc) is 2.67. The highest BCUT2D eigenvalue weighted by Crippen LogP contribution is 2.40. The summed E-state index contributed by atoms with van der Waals surface area (Å²) in [5.74, 6) is 0. The first kappa shape index (κ1) is 13.3. The number of aromatic nitrogens is 3. The molecule has 1 aliphatic carbocycles. The monoisotopic (exact) mass is 270 g/mol. The quantitative estimate of drug-likeness (QED) is 0.912. The molecular weight excluding hydrogens is 248 g/mol. The van der Waals surface area contributed by atoms with Crippen LogP contribution in [0.3, 0.4) is 0 Å². The highest BCUT2D eigenvalue weighted by atomic mass is 15.0. The molecule has 2 aromatic rings. The lowest BCUT2D eigenvalue weighted by Crippen LogP contribution is -2.30. The first-order chi connectivity index (χ1) is 9.46. The average molecular weight is 270 g/mol. The zero-order chi connectivity index (χ0) is 14.3. The fourth-order valence-corrected chi connectivity index (χ4v) is 3.30. The van der Waals surface area contributed by atoms with Crippen molar-refractivity contribution in [2.75, 3.05) is 0 Å². The van der Waals surface area contributed by atoms with E-state index in [0.29, 0.717) is 0 Å². The van der Waals surface area contributed by atoms with E-state index in [1.165, 1.54) is 17.0 Å². The summed E-state index contributed by atoms with van der Waals surface area (Å²) in [5, 5.41) is 0. The van der Waals surface area contributed by atoms with Gasteiger partial charge in [0.15, 0.2) is 0 Å². The van der Waals surface area contributed by atoms with Gasteiger partial charge in [0.05, 0.1) is 12.2 Å². The second-order valence-corrected chi connectivity index (χ2v) is 6.63. The normalized spacial score (nSPS) is 20.7. The maximum absolute atomic E-state index is 6.36. The van der Waals surface area contributed by atoms with Crippen molar-refractivity contribution in [3.63, 3.8) is 0 Å².